The molecule has 0 saturated carbocycles. The first-order valence-electron chi connectivity index (χ1n) is 11.2. The van der Waals surface area contributed by atoms with E-state index in [0.717, 1.165) is 28.8 Å². The monoisotopic (exact) mass is 464 g/mol. The van der Waals surface area contributed by atoms with Gasteiger partial charge in [-0.2, -0.15) is 0 Å². The van der Waals surface area contributed by atoms with Crippen molar-refractivity contribution in [1.82, 2.24) is 4.90 Å². The van der Waals surface area contributed by atoms with Crippen LogP contribution in [-0.2, 0) is 22.7 Å². The van der Waals surface area contributed by atoms with Crippen LogP contribution in [-0.4, -0.2) is 47.6 Å². The van der Waals surface area contributed by atoms with Gasteiger partial charge in [0, 0.05) is 31.1 Å². The largest absolute Gasteiger partial charge is 0.390 e. The summed E-state index contributed by atoms with van der Waals surface area (Å²) in [5.41, 5.74) is 4.21. The lowest BCUT2D eigenvalue weighted by molar-refractivity contribution is -0.00648. The van der Waals surface area contributed by atoms with Crippen LogP contribution in [0, 0.1) is 0 Å². The SMILES string of the molecule is O[C@H](COCc1ccccc1)CN(Cc1cccc(Cl)c1)C[C@H]1CC(c2ccccc2)=NO1. The molecule has 3 aromatic carbocycles. The van der Waals surface area contributed by atoms with E-state index in [1.54, 1.807) is 0 Å². The predicted octanol–water partition coefficient (Wildman–Crippen LogP) is 4.91. The van der Waals surface area contributed by atoms with Gasteiger partial charge in [0.25, 0.3) is 0 Å². The van der Waals surface area contributed by atoms with Gasteiger partial charge in [-0.05, 0) is 28.8 Å². The van der Waals surface area contributed by atoms with Gasteiger partial charge < -0.3 is 14.7 Å². The Morgan fingerprint density at radius 1 is 1.00 bits per heavy atom. The minimum atomic E-state index is -0.621. The van der Waals surface area contributed by atoms with Crippen LogP contribution in [0.5, 0.6) is 0 Å². The highest BCUT2D eigenvalue weighted by Crippen LogP contribution is 2.19. The molecule has 0 saturated heterocycles. The Bertz CT molecular complexity index is 1030. The molecule has 4 rings (SSSR count). The molecule has 1 heterocycles. The Morgan fingerprint density at radius 2 is 1.73 bits per heavy atom. The molecule has 1 N–H and O–H groups in total. The van der Waals surface area contributed by atoms with Gasteiger partial charge in [-0.15, -0.1) is 0 Å². The Hall–Kier alpha value is -2.70. The maximum absolute atomic E-state index is 10.7. The van der Waals surface area contributed by atoms with Crippen molar-refractivity contribution in [2.45, 2.75) is 31.8 Å². The van der Waals surface area contributed by atoms with E-state index in [2.05, 4.69) is 10.1 Å². The zero-order chi connectivity index (χ0) is 22.9. The average Bonchev–Trinajstić information content (AvgIpc) is 3.29. The third-order valence-electron chi connectivity index (χ3n) is 5.49. The summed E-state index contributed by atoms with van der Waals surface area (Å²) in [7, 11) is 0. The van der Waals surface area contributed by atoms with Crippen molar-refractivity contribution >= 4 is 17.3 Å². The summed E-state index contributed by atoms with van der Waals surface area (Å²) < 4.78 is 5.74. The molecule has 172 valence electrons. The molecule has 3 aromatic rings. The van der Waals surface area contributed by atoms with Gasteiger partial charge >= 0.3 is 0 Å². The molecule has 0 bridgehead atoms. The predicted molar refractivity (Wildman–Crippen MR) is 131 cm³/mol. The Kier molecular flexibility index (Phi) is 8.50. The molecule has 0 radical (unpaired) electrons. The van der Waals surface area contributed by atoms with Gasteiger partial charge in [-0.3, -0.25) is 4.90 Å². The van der Waals surface area contributed by atoms with Crippen LogP contribution in [0.15, 0.2) is 90.1 Å². The normalized spacial score (nSPS) is 16.5. The minimum absolute atomic E-state index is 0.0724. The quantitative estimate of drug-likeness (QED) is 0.438. The summed E-state index contributed by atoms with van der Waals surface area (Å²) in [5, 5.41) is 15.7. The average molecular weight is 465 g/mol. The molecule has 0 fully saturated rings. The second-order valence-electron chi connectivity index (χ2n) is 8.31. The fraction of sp³-hybridized carbons (Fsp3) is 0.296. The van der Waals surface area contributed by atoms with E-state index < -0.39 is 6.10 Å². The van der Waals surface area contributed by atoms with Gasteiger partial charge in [-0.25, -0.2) is 0 Å². The molecule has 5 nitrogen and oxygen atoms in total. The molecule has 33 heavy (non-hydrogen) atoms. The van der Waals surface area contributed by atoms with Crippen molar-refractivity contribution in [3.8, 4) is 0 Å². The molecule has 0 aliphatic carbocycles. The summed E-state index contributed by atoms with van der Waals surface area (Å²) in [6, 6.07) is 27.8. The summed E-state index contributed by atoms with van der Waals surface area (Å²) >= 11 is 6.19. The Morgan fingerprint density at radius 3 is 2.48 bits per heavy atom. The summed E-state index contributed by atoms with van der Waals surface area (Å²) in [6.45, 7) is 2.49. The van der Waals surface area contributed by atoms with Gasteiger partial charge in [-0.1, -0.05) is 89.6 Å². The smallest absolute Gasteiger partial charge is 0.145 e. The number of aliphatic hydroxyl groups is 1. The van der Waals surface area contributed by atoms with Crippen molar-refractivity contribution in [3.63, 3.8) is 0 Å². The van der Waals surface area contributed by atoms with E-state index in [-0.39, 0.29) is 12.7 Å². The zero-order valence-electron chi connectivity index (χ0n) is 18.5. The van der Waals surface area contributed by atoms with Crippen LogP contribution in [0.4, 0.5) is 0 Å². The van der Waals surface area contributed by atoms with Crippen LogP contribution >= 0.6 is 11.6 Å². The first kappa shape index (κ1) is 23.5. The van der Waals surface area contributed by atoms with E-state index in [4.69, 9.17) is 21.2 Å². The van der Waals surface area contributed by atoms with Crippen LogP contribution in [0.1, 0.15) is 23.1 Å². The third-order valence-corrected chi connectivity index (χ3v) is 5.72. The number of halogens is 1. The second-order valence-corrected chi connectivity index (χ2v) is 8.75. The summed E-state index contributed by atoms with van der Waals surface area (Å²) in [6.07, 6.45) is 0.0389. The maximum Gasteiger partial charge on any atom is 0.145 e. The number of oxime groups is 1. The summed E-state index contributed by atoms with van der Waals surface area (Å²) in [4.78, 5) is 7.92. The lowest BCUT2D eigenvalue weighted by Gasteiger charge is -2.27. The van der Waals surface area contributed by atoms with E-state index in [9.17, 15) is 5.11 Å². The first-order valence-corrected chi connectivity index (χ1v) is 11.6. The molecule has 0 aromatic heterocycles. The molecule has 6 heteroatoms. The Labute approximate surface area is 200 Å². The second kappa shape index (κ2) is 12.0. The lowest BCUT2D eigenvalue weighted by atomic mass is 10.0. The van der Waals surface area contributed by atoms with Gasteiger partial charge in [0.15, 0.2) is 0 Å². The van der Waals surface area contributed by atoms with Crippen molar-refractivity contribution in [1.29, 1.82) is 0 Å². The van der Waals surface area contributed by atoms with Gasteiger partial charge in [0.2, 0.25) is 0 Å². The highest BCUT2D eigenvalue weighted by molar-refractivity contribution is 6.30. The highest BCUT2D eigenvalue weighted by atomic mass is 35.5. The van der Waals surface area contributed by atoms with Crippen molar-refractivity contribution in [3.05, 3.63) is 107 Å². The number of rotatable bonds is 11. The molecule has 0 unspecified atom stereocenters. The van der Waals surface area contributed by atoms with Crippen LogP contribution in [0.3, 0.4) is 0 Å². The molecular formula is C27H29ClN2O3. The number of benzene rings is 3. The van der Waals surface area contributed by atoms with Crippen molar-refractivity contribution < 1.29 is 14.7 Å². The minimum Gasteiger partial charge on any atom is -0.390 e. The number of nitrogens with zero attached hydrogens (tertiary/aromatic N) is 2. The van der Waals surface area contributed by atoms with E-state index in [0.29, 0.717) is 31.3 Å². The molecule has 2 atom stereocenters. The van der Waals surface area contributed by atoms with Crippen molar-refractivity contribution in [2.24, 2.45) is 5.16 Å². The number of aliphatic hydroxyl groups excluding tert-OH is 1. The van der Waals surface area contributed by atoms with Crippen LogP contribution in [0.2, 0.25) is 5.02 Å². The lowest BCUT2D eigenvalue weighted by Crippen LogP contribution is -2.39. The van der Waals surface area contributed by atoms with E-state index in [1.807, 2.05) is 84.9 Å². The molecular weight excluding hydrogens is 436 g/mol. The first-order chi connectivity index (χ1) is 16.2. The van der Waals surface area contributed by atoms with E-state index in [1.165, 1.54) is 0 Å². The third kappa shape index (κ3) is 7.41. The standard InChI is InChI=1S/C27H29ClN2O3/c28-24-13-7-10-22(14-24)16-30(17-25(31)20-32-19-21-8-3-1-4-9-21)18-26-15-27(29-33-26)23-11-5-2-6-12-23/h1-14,25-26,31H,15-20H2/t25-,26+/m0/s1. The van der Waals surface area contributed by atoms with Gasteiger partial charge in [0.05, 0.1) is 25.0 Å². The van der Waals surface area contributed by atoms with Crippen LogP contribution < -0.4 is 0 Å². The molecule has 0 amide bonds. The topological polar surface area (TPSA) is 54.3 Å². The van der Waals surface area contributed by atoms with Gasteiger partial charge in [0.1, 0.15) is 6.10 Å². The summed E-state index contributed by atoms with van der Waals surface area (Å²) in [5.74, 6) is 0. The van der Waals surface area contributed by atoms with E-state index >= 15 is 0 Å². The fourth-order valence-corrected chi connectivity index (χ4v) is 4.16. The highest BCUT2D eigenvalue weighted by Gasteiger charge is 2.25. The molecule has 0 spiro atoms. The van der Waals surface area contributed by atoms with Crippen LogP contribution in [0.25, 0.3) is 0 Å². The Balaban J connectivity index is 1.34. The molecule has 1 aliphatic rings. The number of ether oxygens (including phenoxy) is 1. The zero-order valence-corrected chi connectivity index (χ0v) is 19.3. The molecule has 1 aliphatic heterocycles. The van der Waals surface area contributed by atoms with Crippen molar-refractivity contribution in [2.75, 3.05) is 19.7 Å². The number of hydrogen-bond acceptors (Lipinski definition) is 5. The number of hydrogen-bond donors (Lipinski definition) is 1. The maximum atomic E-state index is 10.7. The fourth-order valence-electron chi connectivity index (χ4n) is 3.95.